The lowest BCUT2D eigenvalue weighted by Gasteiger charge is -2.28. The fraction of sp³-hybridized carbons (Fsp3) is 0.833. The predicted molar refractivity (Wildman–Crippen MR) is 72.3 cm³/mol. The molecule has 0 spiro atoms. The van der Waals surface area contributed by atoms with E-state index < -0.39 is 15.9 Å². The molecule has 1 heterocycles. The molecule has 0 aromatic rings. The molecule has 1 fully saturated rings. The lowest BCUT2D eigenvalue weighted by Crippen LogP contribution is -2.47. The number of hydrogen-bond donors (Lipinski definition) is 1. The van der Waals surface area contributed by atoms with Crippen LogP contribution in [0.1, 0.15) is 33.1 Å². The van der Waals surface area contributed by atoms with Crippen LogP contribution < -0.4 is 5.32 Å². The third-order valence-electron chi connectivity index (χ3n) is 3.21. The van der Waals surface area contributed by atoms with Crippen LogP contribution in [0.25, 0.3) is 0 Å². The quantitative estimate of drug-likeness (QED) is 0.768. The molecule has 2 amide bonds. The molecule has 1 N–H and O–H groups in total. The van der Waals surface area contributed by atoms with Crippen molar-refractivity contribution in [2.75, 3.05) is 18.6 Å². The zero-order valence-corrected chi connectivity index (χ0v) is 12.5. The maximum absolute atomic E-state index is 12.3. The van der Waals surface area contributed by atoms with Crippen LogP contribution in [0.5, 0.6) is 0 Å². The normalized spacial score (nSPS) is 25.1. The molecule has 2 unspecified atom stereocenters. The van der Waals surface area contributed by atoms with Crippen molar-refractivity contribution < 1.29 is 18.0 Å². The summed E-state index contributed by atoms with van der Waals surface area (Å²) < 4.78 is 22.4. The molecule has 19 heavy (non-hydrogen) atoms. The largest absolute Gasteiger partial charge is 0.344 e. The van der Waals surface area contributed by atoms with Crippen LogP contribution in [0.15, 0.2) is 0 Å². The Morgan fingerprint density at radius 1 is 1.37 bits per heavy atom. The number of hydrogen-bond acceptors (Lipinski definition) is 4. The van der Waals surface area contributed by atoms with Crippen LogP contribution in [0.4, 0.5) is 0 Å². The van der Waals surface area contributed by atoms with Crippen molar-refractivity contribution >= 4 is 21.7 Å². The molecule has 7 heteroatoms. The number of rotatable bonds is 5. The molecule has 0 saturated carbocycles. The summed E-state index contributed by atoms with van der Waals surface area (Å²) in [7, 11) is -3.12. The maximum atomic E-state index is 12.3. The predicted octanol–water partition coefficient (Wildman–Crippen LogP) is -0.0633. The topological polar surface area (TPSA) is 83.6 Å². The van der Waals surface area contributed by atoms with Crippen LogP contribution >= 0.6 is 0 Å². The lowest BCUT2D eigenvalue weighted by molar-refractivity contribution is -0.134. The van der Waals surface area contributed by atoms with Gasteiger partial charge in [-0.15, -0.1) is 0 Å². The zero-order chi connectivity index (χ0) is 14.6. The van der Waals surface area contributed by atoms with E-state index in [1.807, 2.05) is 6.92 Å². The minimum Gasteiger partial charge on any atom is -0.344 e. The van der Waals surface area contributed by atoms with Gasteiger partial charge in [-0.3, -0.25) is 9.59 Å². The van der Waals surface area contributed by atoms with Crippen LogP contribution in [0, 0.1) is 0 Å². The molecule has 0 aromatic heterocycles. The van der Waals surface area contributed by atoms with Crippen molar-refractivity contribution in [3.8, 4) is 0 Å². The molecule has 1 rings (SSSR count). The first-order valence-corrected chi connectivity index (χ1v) is 8.58. The first-order chi connectivity index (χ1) is 8.74. The van der Waals surface area contributed by atoms with E-state index in [0.29, 0.717) is 6.42 Å². The van der Waals surface area contributed by atoms with Gasteiger partial charge in [-0.05, 0) is 13.3 Å². The SMILES string of the molecule is CCCC1NC(=O)CC(C)N(CCS(C)(=O)=O)C1=O. The second-order valence-corrected chi connectivity index (χ2v) is 7.38. The molecule has 0 bridgehead atoms. The Morgan fingerprint density at radius 3 is 2.53 bits per heavy atom. The summed E-state index contributed by atoms with van der Waals surface area (Å²) in [4.78, 5) is 25.5. The van der Waals surface area contributed by atoms with E-state index in [9.17, 15) is 18.0 Å². The van der Waals surface area contributed by atoms with Crippen LogP contribution in [0.3, 0.4) is 0 Å². The Labute approximate surface area is 114 Å². The smallest absolute Gasteiger partial charge is 0.245 e. The molecular weight excluding hydrogens is 268 g/mol. The minimum atomic E-state index is -3.12. The Bertz CT molecular complexity index is 447. The summed E-state index contributed by atoms with van der Waals surface area (Å²) in [5, 5.41) is 2.71. The summed E-state index contributed by atoms with van der Waals surface area (Å²) in [5.41, 5.74) is 0. The number of nitrogens with one attached hydrogen (secondary N) is 1. The van der Waals surface area contributed by atoms with Crippen molar-refractivity contribution in [3.05, 3.63) is 0 Å². The van der Waals surface area contributed by atoms with Gasteiger partial charge in [0.2, 0.25) is 11.8 Å². The molecule has 0 aliphatic carbocycles. The van der Waals surface area contributed by atoms with Crippen molar-refractivity contribution in [1.82, 2.24) is 10.2 Å². The average Bonchev–Trinajstić information content (AvgIpc) is 2.34. The maximum Gasteiger partial charge on any atom is 0.245 e. The van der Waals surface area contributed by atoms with Crippen molar-refractivity contribution in [2.45, 2.75) is 45.2 Å². The summed E-state index contributed by atoms with van der Waals surface area (Å²) in [5.74, 6) is -0.402. The van der Waals surface area contributed by atoms with Gasteiger partial charge in [-0.2, -0.15) is 0 Å². The highest BCUT2D eigenvalue weighted by atomic mass is 32.2. The van der Waals surface area contributed by atoms with Gasteiger partial charge in [0, 0.05) is 25.3 Å². The molecule has 110 valence electrons. The van der Waals surface area contributed by atoms with Crippen molar-refractivity contribution in [3.63, 3.8) is 0 Å². The summed E-state index contributed by atoms with van der Waals surface area (Å²) >= 11 is 0. The van der Waals surface area contributed by atoms with Gasteiger partial charge in [0.05, 0.1) is 5.75 Å². The zero-order valence-electron chi connectivity index (χ0n) is 11.7. The number of nitrogens with zero attached hydrogens (tertiary/aromatic N) is 1. The highest BCUT2D eigenvalue weighted by molar-refractivity contribution is 7.90. The van der Waals surface area contributed by atoms with Crippen LogP contribution in [-0.4, -0.2) is 55.8 Å². The van der Waals surface area contributed by atoms with E-state index in [1.165, 1.54) is 4.90 Å². The molecule has 0 aromatic carbocycles. The van der Waals surface area contributed by atoms with Gasteiger partial charge >= 0.3 is 0 Å². The highest BCUT2D eigenvalue weighted by Gasteiger charge is 2.33. The van der Waals surface area contributed by atoms with Crippen molar-refractivity contribution in [2.24, 2.45) is 0 Å². The number of amides is 2. The Morgan fingerprint density at radius 2 is 2.00 bits per heavy atom. The highest BCUT2D eigenvalue weighted by Crippen LogP contribution is 2.14. The number of carbonyl (C=O) groups is 2. The average molecular weight is 290 g/mol. The number of carbonyl (C=O) groups excluding carboxylic acids is 2. The molecule has 1 aliphatic rings. The van der Waals surface area contributed by atoms with E-state index in [-0.39, 0.29) is 36.6 Å². The van der Waals surface area contributed by atoms with Crippen molar-refractivity contribution in [1.29, 1.82) is 0 Å². The fourth-order valence-electron chi connectivity index (χ4n) is 2.19. The first-order valence-electron chi connectivity index (χ1n) is 6.52. The molecule has 2 atom stereocenters. The first kappa shape index (κ1) is 15.9. The van der Waals surface area contributed by atoms with E-state index in [1.54, 1.807) is 6.92 Å². The molecule has 0 radical (unpaired) electrons. The minimum absolute atomic E-state index is 0.0733. The summed E-state index contributed by atoms with van der Waals surface area (Å²) in [6, 6.07) is -0.793. The van der Waals surface area contributed by atoms with Gasteiger partial charge in [0.1, 0.15) is 15.9 Å². The van der Waals surface area contributed by atoms with Gasteiger partial charge < -0.3 is 10.2 Å². The van der Waals surface area contributed by atoms with E-state index in [0.717, 1.165) is 12.7 Å². The molecule has 6 nitrogen and oxygen atoms in total. The number of sulfone groups is 1. The van der Waals surface area contributed by atoms with Crippen LogP contribution in [-0.2, 0) is 19.4 Å². The summed E-state index contributed by atoms with van der Waals surface area (Å²) in [6.45, 7) is 3.86. The standard InChI is InChI=1S/C12H22N2O4S/c1-4-5-10-12(16)14(6-7-19(3,17)18)9(2)8-11(15)13-10/h9-10H,4-8H2,1-3H3,(H,13,15). The second-order valence-electron chi connectivity index (χ2n) is 5.12. The third-order valence-corrected chi connectivity index (χ3v) is 4.13. The van der Waals surface area contributed by atoms with E-state index >= 15 is 0 Å². The molecule has 1 saturated heterocycles. The molecule has 1 aliphatic heterocycles. The Hall–Kier alpha value is -1.11. The summed E-state index contributed by atoms with van der Waals surface area (Å²) in [6.07, 6.45) is 2.72. The third kappa shape index (κ3) is 4.81. The van der Waals surface area contributed by atoms with Gasteiger partial charge in [-0.25, -0.2) is 8.42 Å². The van der Waals surface area contributed by atoms with E-state index in [4.69, 9.17) is 0 Å². The van der Waals surface area contributed by atoms with E-state index in [2.05, 4.69) is 5.32 Å². The molecular formula is C12H22N2O4S. The van der Waals surface area contributed by atoms with Crippen LogP contribution in [0.2, 0.25) is 0 Å². The van der Waals surface area contributed by atoms with Gasteiger partial charge in [-0.1, -0.05) is 13.3 Å². The Kier molecular flexibility index (Phi) is 5.34. The Balaban J connectivity index is 2.85. The monoisotopic (exact) mass is 290 g/mol. The van der Waals surface area contributed by atoms with Gasteiger partial charge in [0.15, 0.2) is 0 Å². The van der Waals surface area contributed by atoms with Gasteiger partial charge in [0.25, 0.3) is 0 Å². The lowest BCUT2D eigenvalue weighted by atomic mass is 10.1. The fourth-order valence-corrected chi connectivity index (χ4v) is 2.72. The second kappa shape index (κ2) is 6.36.